The van der Waals surface area contributed by atoms with E-state index in [1.54, 1.807) is 13.2 Å². The number of methoxy groups -OCH3 is 1. The van der Waals surface area contributed by atoms with E-state index in [4.69, 9.17) is 4.74 Å². The Kier molecular flexibility index (Phi) is 3.73. The van der Waals surface area contributed by atoms with Crippen LogP contribution in [0, 0.1) is 6.92 Å². The van der Waals surface area contributed by atoms with Crippen LogP contribution in [-0.4, -0.2) is 12.9 Å². The molecular weight excluding hydrogens is 308 g/mol. The number of carbonyl (C=O) groups is 1. The number of aryl methyl sites for hydroxylation is 1. The first-order chi connectivity index (χ1) is 12.2. The fraction of sp³-hybridized carbons (Fsp3) is 0.0870. The highest BCUT2D eigenvalue weighted by molar-refractivity contribution is 6.22. The number of ether oxygens (including phenoxy) is 1. The molecule has 122 valence electrons. The van der Waals surface area contributed by atoms with Crippen molar-refractivity contribution in [2.75, 3.05) is 7.11 Å². The molecule has 0 aliphatic heterocycles. The maximum atomic E-state index is 13.2. The molecule has 0 aliphatic rings. The molecular formula is C23H18O2. The van der Waals surface area contributed by atoms with E-state index in [1.807, 2.05) is 42.5 Å². The van der Waals surface area contributed by atoms with Crippen molar-refractivity contribution in [2.24, 2.45) is 0 Å². The van der Waals surface area contributed by atoms with Gasteiger partial charge in [0.25, 0.3) is 0 Å². The van der Waals surface area contributed by atoms with E-state index in [1.165, 1.54) is 10.9 Å². The summed E-state index contributed by atoms with van der Waals surface area (Å²) in [5.41, 5.74) is 2.57. The largest absolute Gasteiger partial charge is 0.497 e. The molecule has 0 fully saturated rings. The Labute approximate surface area is 146 Å². The topological polar surface area (TPSA) is 26.3 Å². The molecule has 0 aromatic heterocycles. The molecule has 0 heterocycles. The third kappa shape index (κ3) is 2.66. The number of rotatable bonds is 3. The zero-order valence-corrected chi connectivity index (χ0v) is 14.2. The van der Waals surface area contributed by atoms with Crippen molar-refractivity contribution >= 4 is 27.3 Å². The van der Waals surface area contributed by atoms with Gasteiger partial charge < -0.3 is 4.74 Å². The molecule has 0 spiro atoms. The molecule has 25 heavy (non-hydrogen) atoms. The summed E-state index contributed by atoms with van der Waals surface area (Å²) in [5, 5.41) is 4.34. The molecule has 0 bridgehead atoms. The van der Waals surface area contributed by atoms with Gasteiger partial charge in [-0.05, 0) is 46.7 Å². The van der Waals surface area contributed by atoms with Crippen LogP contribution in [0.1, 0.15) is 21.5 Å². The lowest BCUT2D eigenvalue weighted by Crippen LogP contribution is -2.03. The molecule has 4 aromatic carbocycles. The molecule has 2 heteroatoms. The van der Waals surface area contributed by atoms with Crippen molar-refractivity contribution in [3.05, 3.63) is 89.5 Å². The van der Waals surface area contributed by atoms with E-state index >= 15 is 0 Å². The van der Waals surface area contributed by atoms with Gasteiger partial charge in [-0.15, -0.1) is 0 Å². The van der Waals surface area contributed by atoms with E-state index < -0.39 is 0 Å². The summed E-state index contributed by atoms with van der Waals surface area (Å²) in [6, 6.07) is 23.7. The van der Waals surface area contributed by atoms with Crippen molar-refractivity contribution in [2.45, 2.75) is 6.92 Å². The highest BCUT2D eigenvalue weighted by Gasteiger charge is 2.15. The van der Waals surface area contributed by atoms with Gasteiger partial charge in [0, 0.05) is 11.1 Å². The zero-order chi connectivity index (χ0) is 17.4. The summed E-state index contributed by atoms with van der Waals surface area (Å²) < 4.78 is 5.26. The van der Waals surface area contributed by atoms with Gasteiger partial charge in [-0.25, -0.2) is 0 Å². The minimum atomic E-state index is 0.0116. The Morgan fingerprint density at radius 3 is 2.40 bits per heavy atom. The lowest BCUT2D eigenvalue weighted by atomic mass is 9.92. The molecule has 0 unspecified atom stereocenters. The second-order valence-corrected chi connectivity index (χ2v) is 6.26. The highest BCUT2D eigenvalue weighted by atomic mass is 16.5. The van der Waals surface area contributed by atoms with Crippen LogP contribution in [0.3, 0.4) is 0 Å². The Morgan fingerprint density at radius 1 is 0.800 bits per heavy atom. The summed E-state index contributed by atoms with van der Waals surface area (Å²) in [6.07, 6.45) is 0. The third-order valence-electron chi connectivity index (χ3n) is 4.59. The van der Waals surface area contributed by atoms with Gasteiger partial charge in [-0.1, -0.05) is 60.2 Å². The maximum Gasteiger partial charge on any atom is 0.193 e. The van der Waals surface area contributed by atoms with Crippen molar-refractivity contribution in [3.63, 3.8) is 0 Å². The predicted octanol–water partition coefficient (Wildman–Crippen LogP) is 5.54. The second-order valence-electron chi connectivity index (χ2n) is 6.26. The Balaban J connectivity index is 1.99. The minimum absolute atomic E-state index is 0.0116. The number of benzene rings is 4. The minimum Gasteiger partial charge on any atom is -0.497 e. The molecule has 0 N–H and O–H groups in total. The SMILES string of the molecule is COc1cccc(C(=O)c2cc3ccc(C)cc3c3ccccc23)c1. The van der Waals surface area contributed by atoms with Crippen LogP contribution < -0.4 is 4.74 Å². The average molecular weight is 326 g/mol. The van der Waals surface area contributed by atoms with E-state index in [0.717, 1.165) is 21.7 Å². The molecule has 4 aromatic rings. The van der Waals surface area contributed by atoms with Gasteiger partial charge in [-0.3, -0.25) is 4.79 Å². The summed E-state index contributed by atoms with van der Waals surface area (Å²) in [6.45, 7) is 2.09. The maximum absolute atomic E-state index is 13.2. The number of carbonyl (C=O) groups excluding carboxylic acids is 1. The smallest absolute Gasteiger partial charge is 0.193 e. The standard InChI is InChI=1S/C23H18O2/c1-15-10-11-16-14-22(20-9-4-3-8-19(20)21(16)12-15)23(24)17-6-5-7-18(13-17)25-2/h3-14H,1-2H3. The fourth-order valence-electron chi connectivity index (χ4n) is 3.32. The van der Waals surface area contributed by atoms with Crippen LogP contribution in [0.15, 0.2) is 72.8 Å². The molecule has 0 aliphatic carbocycles. The van der Waals surface area contributed by atoms with Crippen LogP contribution in [0.2, 0.25) is 0 Å². The summed E-state index contributed by atoms with van der Waals surface area (Å²) >= 11 is 0. The van der Waals surface area contributed by atoms with Crippen molar-refractivity contribution < 1.29 is 9.53 Å². The quantitative estimate of drug-likeness (QED) is 0.365. The number of ketones is 1. The van der Waals surface area contributed by atoms with Gasteiger partial charge in [0.05, 0.1) is 7.11 Å². The summed E-state index contributed by atoms with van der Waals surface area (Å²) in [5.74, 6) is 0.698. The first-order valence-corrected chi connectivity index (χ1v) is 8.28. The van der Waals surface area contributed by atoms with Gasteiger partial charge >= 0.3 is 0 Å². The lowest BCUT2D eigenvalue weighted by Gasteiger charge is -2.11. The second kappa shape index (κ2) is 6.06. The monoisotopic (exact) mass is 326 g/mol. The van der Waals surface area contributed by atoms with Crippen LogP contribution in [0.4, 0.5) is 0 Å². The molecule has 2 nitrogen and oxygen atoms in total. The van der Waals surface area contributed by atoms with Crippen molar-refractivity contribution in [3.8, 4) is 5.75 Å². The third-order valence-corrected chi connectivity index (χ3v) is 4.59. The van der Waals surface area contributed by atoms with Crippen molar-refractivity contribution in [1.29, 1.82) is 0 Å². The number of hydrogen-bond donors (Lipinski definition) is 0. The van der Waals surface area contributed by atoms with Gasteiger partial charge in [0.2, 0.25) is 0 Å². The fourth-order valence-corrected chi connectivity index (χ4v) is 3.32. The average Bonchev–Trinajstić information content (AvgIpc) is 2.67. The first kappa shape index (κ1) is 15.4. The van der Waals surface area contributed by atoms with E-state index in [-0.39, 0.29) is 5.78 Å². The molecule has 4 rings (SSSR count). The van der Waals surface area contributed by atoms with Crippen LogP contribution in [0.25, 0.3) is 21.5 Å². The highest BCUT2D eigenvalue weighted by Crippen LogP contribution is 2.31. The van der Waals surface area contributed by atoms with Gasteiger partial charge in [0.15, 0.2) is 5.78 Å². The van der Waals surface area contributed by atoms with E-state index in [0.29, 0.717) is 11.3 Å². The molecule has 0 amide bonds. The van der Waals surface area contributed by atoms with E-state index in [9.17, 15) is 4.79 Å². The Hall–Kier alpha value is -3.13. The Morgan fingerprint density at radius 2 is 1.60 bits per heavy atom. The molecule has 0 radical (unpaired) electrons. The van der Waals surface area contributed by atoms with Crippen LogP contribution in [0.5, 0.6) is 5.75 Å². The predicted molar refractivity (Wildman–Crippen MR) is 103 cm³/mol. The van der Waals surface area contributed by atoms with Crippen molar-refractivity contribution in [1.82, 2.24) is 0 Å². The van der Waals surface area contributed by atoms with E-state index in [2.05, 4.69) is 31.2 Å². The van der Waals surface area contributed by atoms with Gasteiger partial charge in [-0.2, -0.15) is 0 Å². The summed E-state index contributed by atoms with van der Waals surface area (Å²) in [4.78, 5) is 13.2. The zero-order valence-electron chi connectivity index (χ0n) is 14.2. The number of hydrogen-bond acceptors (Lipinski definition) is 2. The molecule has 0 saturated heterocycles. The normalized spacial score (nSPS) is 11.0. The van der Waals surface area contributed by atoms with Gasteiger partial charge in [0.1, 0.15) is 5.75 Å². The van der Waals surface area contributed by atoms with Crippen LogP contribution >= 0.6 is 0 Å². The molecule has 0 saturated carbocycles. The van der Waals surface area contributed by atoms with Crippen LogP contribution in [-0.2, 0) is 0 Å². The Bertz CT molecular complexity index is 1110. The first-order valence-electron chi connectivity index (χ1n) is 8.28. The number of fused-ring (bicyclic) bond motifs is 3. The lowest BCUT2D eigenvalue weighted by molar-refractivity contribution is 0.104. The summed E-state index contributed by atoms with van der Waals surface area (Å²) in [7, 11) is 1.61. The molecule has 0 atom stereocenters.